The van der Waals surface area contributed by atoms with Crippen LogP contribution in [0.3, 0.4) is 0 Å². The molecule has 1 fully saturated rings. The van der Waals surface area contributed by atoms with Crippen molar-refractivity contribution in [3.8, 4) is 0 Å². The van der Waals surface area contributed by atoms with Crippen molar-refractivity contribution in [3.05, 3.63) is 29.3 Å². The maximum absolute atomic E-state index is 12.5. The van der Waals surface area contributed by atoms with Gasteiger partial charge in [0.05, 0.1) is 18.3 Å². The Balaban J connectivity index is 2.21. The molecule has 1 aromatic carbocycles. The number of carbonyl (C=O) groups is 1. The van der Waals surface area contributed by atoms with E-state index in [4.69, 9.17) is 10.5 Å². The summed E-state index contributed by atoms with van der Waals surface area (Å²) < 4.78 is 5.71. The Morgan fingerprint density at radius 3 is 2.85 bits per heavy atom. The van der Waals surface area contributed by atoms with Crippen LogP contribution in [0.2, 0.25) is 0 Å². The number of nitrogens with two attached hydrogens (primary N) is 1. The van der Waals surface area contributed by atoms with Crippen molar-refractivity contribution in [2.75, 3.05) is 25.4 Å². The summed E-state index contributed by atoms with van der Waals surface area (Å²) in [5.74, 6) is -0.0773. The van der Waals surface area contributed by atoms with E-state index >= 15 is 0 Å². The van der Waals surface area contributed by atoms with Crippen molar-refractivity contribution in [1.29, 1.82) is 0 Å². The van der Waals surface area contributed by atoms with Gasteiger partial charge in [-0.05, 0) is 38.5 Å². The number of hydrogen-bond donors (Lipinski definition) is 2. The highest BCUT2D eigenvalue weighted by molar-refractivity contribution is 5.95. The van der Waals surface area contributed by atoms with E-state index in [1.165, 1.54) is 0 Å². The molecule has 2 rings (SSSR count). The second-order valence-corrected chi connectivity index (χ2v) is 5.94. The van der Waals surface area contributed by atoms with E-state index in [0.29, 0.717) is 24.3 Å². The van der Waals surface area contributed by atoms with E-state index in [-0.39, 0.29) is 18.6 Å². The van der Waals surface area contributed by atoms with Crippen molar-refractivity contribution in [1.82, 2.24) is 4.90 Å². The Labute approximate surface area is 119 Å². The molecule has 20 heavy (non-hydrogen) atoms. The minimum atomic E-state index is -0.461. The van der Waals surface area contributed by atoms with Crippen molar-refractivity contribution >= 4 is 11.6 Å². The molecule has 1 amide bonds. The molecule has 3 N–H and O–H groups in total. The first-order valence-corrected chi connectivity index (χ1v) is 6.76. The van der Waals surface area contributed by atoms with Gasteiger partial charge in [-0.25, -0.2) is 0 Å². The van der Waals surface area contributed by atoms with E-state index in [0.717, 1.165) is 5.56 Å². The topological polar surface area (TPSA) is 75.8 Å². The summed E-state index contributed by atoms with van der Waals surface area (Å²) in [6.07, 6.45) is -0.342. The van der Waals surface area contributed by atoms with Crippen LogP contribution in [0.1, 0.15) is 29.8 Å². The van der Waals surface area contributed by atoms with Crippen LogP contribution in [-0.4, -0.2) is 47.3 Å². The van der Waals surface area contributed by atoms with Crippen LogP contribution in [0.25, 0.3) is 0 Å². The lowest BCUT2D eigenvalue weighted by Gasteiger charge is -2.42. The summed E-state index contributed by atoms with van der Waals surface area (Å²) >= 11 is 0. The van der Waals surface area contributed by atoms with Gasteiger partial charge in [-0.3, -0.25) is 4.79 Å². The molecule has 1 unspecified atom stereocenters. The van der Waals surface area contributed by atoms with Gasteiger partial charge in [-0.1, -0.05) is 6.07 Å². The molecule has 1 aliphatic rings. The molecule has 1 aromatic rings. The van der Waals surface area contributed by atoms with Gasteiger partial charge in [0.2, 0.25) is 0 Å². The molecule has 0 bridgehead atoms. The molecule has 1 aliphatic heterocycles. The molecule has 1 atom stereocenters. The van der Waals surface area contributed by atoms with Crippen LogP contribution in [0.5, 0.6) is 0 Å². The number of aliphatic hydroxyl groups is 1. The third kappa shape index (κ3) is 3.11. The molecule has 1 heterocycles. The zero-order chi connectivity index (χ0) is 14.9. The lowest BCUT2D eigenvalue weighted by Crippen LogP contribution is -2.55. The van der Waals surface area contributed by atoms with Crippen molar-refractivity contribution in [2.45, 2.75) is 32.5 Å². The standard InChI is InChI=1S/C15H22N2O3/c1-10-4-5-11(6-13(10)16)14(19)17-7-12(8-18)20-15(2,3)9-17/h4-6,12,18H,7-9,16H2,1-3H3. The number of hydrogen-bond acceptors (Lipinski definition) is 4. The second kappa shape index (κ2) is 5.42. The zero-order valence-electron chi connectivity index (χ0n) is 12.2. The van der Waals surface area contributed by atoms with Crippen molar-refractivity contribution in [3.63, 3.8) is 0 Å². The van der Waals surface area contributed by atoms with Crippen LogP contribution < -0.4 is 5.73 Å². The van der Waals surface area contributed by atoms with E-state index in [1.54, 1.807) is 17.0 Å². The fourth-order valence-electron chi connectivity index (χ4n) is 2.50. The summed E-state index contributed by atoms with van der Waals surface area (Å²) in [7, 11) is 0. The number of anilines is 1. The normalized spacial score (nSPS) is 21.8. The van der Waals surface area contributed by atoms with E-state index in [2.05, 4.69) is 0 Å². The van der Waals surface area contributed by atoms with Gasteiger partial charge >= 0.3 is 0 Å². The summed E-state index contributed by atoms with van der Waals surface area (Å²) in [6.45, 7) is 6.53. The number of benzene rings is 1. The first kappa shape index (κ1) is 14.8. The molecular weight excluding hydrogens is 256 g/mol. The molecule has 0 radical (unpaired) electrons. The average molecular weight is 278 g/mol. The van der Waals surface area contributed by atoms with E-state index in [1.807, 2.05) is 26.8 Å². The van der Waals surface area contributed by atoms with Gasteiger partial charge in [-0.2, -0.15) is 0 Å². The number of morpholine rings is 1. The summed E-state index contributed by atoms with van der Waals surface area (Å²) in [5.41, 5.74) is 7.54. The third-order valence-corrected chi connectivity index (χ3v) is 3.50. The maximum Gasteiger partial charge on any atom is 0.254 e. The highest BCUT2D eigenvalue weighted by Gasteiger charge is 2.35. The van der Waals surface area contributed by atoms with Gasteiger partial charge in [-0.15, -0.1) is 0 Å². The largest absolute Gasteiger partial charge is 0.398 e. The molecule has 1 saturated heterocycles. The summed E-state index contributed by atoms with van der Waals surface area (Å²) in [5, 5.41) is 9.29. The lowest BCUT2D eigenvalue weighted by molar-refractivity contribution is -0.139. The minimum absolute atomic E-state index is 0.0773. The molecule has 5 heteroatoms. The molecule has 0 spiro atoms. The number of carbonyl (C=O) groups excluding carboxylic acids is 1. The Hall–Kier alpha value is -1.59. The highest BCUT2D eigenvalue weighted by Crippen LogP contribution is 2.23. The number of nitrogens with zero attached hydrogens (tertiary/aromatic N) is 1. The van der Waals surface area contributed by atoms with Crippen LogP contribution in [-0.2, 0) is 4.74 Å². The number of amides is 1. The van der Waals surface area contributed by atoms with Crippen LogP contribution in [0.4, 0.5) is 5.69 Å². The Kier molecular flexibility index (Phi) is 4.01. The fourth-order valence-corrected chi connectivity index (χ4v) is 2.50. The molecule has 0 saturated carbocycles. The average Bonchev–Trinajstić information content (AvgIpc) is 2.39. The van der Waals surface area contributed by atoms with Crippen LogP contribution in [0, 0.1) is 6.92 Å². The fraction of sp³-hybridized carbons (Fsp3) is 0.533. The van der Waals surface area contributed by atoms with Crippen molar-refractivity contribution < 1.29 is 14.6 Å². The van der Waals surface area contributed by atoms with Gasteiger partial charge in [0.1, 0.15) is 0 Å². The number of nitrogen functional groups attached to an aromatic ring is 1. The van der Waals surface area contributed by atoms with E-state index < -0.39 is 5.60 Å². The number of aryl methyl sites for hydroxylation is 1. The van der Waals surface area contributed by atoms with E-state index in [9.17, 15) is 9.90 Å². The van der Waals surface area contributed by atoms with Gasteiger partial charge in [0, 0.05) is 24.3 Å². The highest BCUT2D eigenvalue weighted by atomic mass is 16.5. The summed E-state index contributed by atoms with van der Waals surface area (Å²) in [4.78, 5) is 14.3. The zero-order valence-corrected chi connectivity index (χ0v) is 12.2. The number of aliphatic hydroxyl groups excluding tert-OH is 1. The molecular formula is C15H22N2O3. The first-order chi connectivity index (χ1) is 9.32. The third-order valence-electron chi connectivity index (χ3n) is 3.50. The first-order valence-electron chi connectivity index (χ1n) is 6.76. The Morgan fingerprint density at radius 1 is 1.55 bits per heavy atom. The van der Waals surface area contributed by atoms with Crippen molar-refractivity contribution in [2.24, 2.45) is 0 Å². The maximum atomic E-state index is 12.5. The summed E-state index contributed by atoms with van der Waals surface area (Å²) in [6, 6.07) is 5.33. The van der Waals surface area contributed by atoms with Crippen LogP contribution in [0.15, 0.2) is 18.2 Å². The Bertz CT molecular complexity index is 514. The predicted molar refractivity (Wildman–Crippen MR) is 77.5 cm³/mol. The van der Waals surface area contributed by atoms with Gasteiger partial charge < -0.3 is 20.5 Å². The predicted octanol–water partition coefficient (Wildman–Crippen LogP) is 1.19. The van der Waals surface area contributed by atoms with Gasteiger partial charge in [0.25, 0.3) is 5.91 Å². The molecule has 5 nitrogen and oxygen atoms in total. The van der Waals surface area contributed by atoms with Crippen LogP contribution >= 0.6 is 0 Å². The second-order valence-electron chi connectivity index (χ2n) is 5.94. The molecule has 0 aromatic heterocycles. The number of rotatable bonds is 2. The SMILES string of the molecule is Cc1ccc(C(=O)N2CC(CO)OC(C)(C)C2)cc1N. The Morgan fingerprint density at radius 2 is 2.25 bits per heavy atom. The lowest BCUT2D eigenvalue weighted by atomic mass is 10.0. The number of ether oxygens (including phenoxy) is 1. The quantitative estimate of drug-likeness (QED) is 0.797. The minimum Gasteiger partial charge on any atom is -0.398 e. The monoisotopic (exact) mass is 278 g/mol. The smallest absolute Gasteiger partial charge is 0.254 e. The molecule has 0 aliphatic carbocycles. The van der Waals surface area contributed by atoms with Gasteiger partial charge in [0.15, 0.2) is 0 Å². The molecule has 110 valence electrons.